The van der Waals surface area contributed by atoms with Gasteiger partial charge in [-0.3, -0.25) is 19.2 Å². The molecule has 4 atom stereocenters. The summed E-state index contributed by atoms with van der Waals surface area (Å²) in [6, 6.07) is 4.10. The molecule has 1 fully saturated rings. The molecule has 0 radical (unpaired) electrons. The maximum absolute atomic E-state index is 13.1. The smallest absolute Gasteiger partial charge is 0.249 e. The third-order valence-corrected chi connectivity index (χ3v) is 10.3. The number of amides is 4. The second-order valence-electron chi connectivity index (χ2n) is 21.2. The Morgan fingerprint density at radius 2 is 1.01 bits per heavy atom. The maximum Gasteiger partial charge on any atom is 0.249 e. The van der Waals surface area contributed by atoms with E-state index in [1.807, 2.05) is 83.1 Å². The van der Waals surface area contributed by atoms with Crippen molar-refractivity contribution in [2.24, 2.45) is 23.2 Å². The number of carbonyl (C=O) groups is 4. The Morgan fingerprint density at radius 3 is 1.40 bits per heavy atom. The summed E-state index contributed by atoms with van der Waals surface area (Å²) in [7, 11) is 0. The highest BCUT2D eigenvalue weighted by Gasteiger charge is 2.28. The molecule has 4 N–H and O–H groups in total. The van der Waals surface area contributed by atoms with Crippen LogP contribution in [0, 0.1) is 34.8 Å². The van der Waals surface area contributed by atoms with E-state index in [4.69, 9.17) is 14.2 Å². The van der Waals surface area contributed by atoms with Crippen molar-refractivity contribution in [2.75, 3.05) is 19.8 Å². The molecule has 1 aliphatic carbocycles. The fourth-order valence-electron chi connectivity index (χ4n) is 7.28. The van der Waals surface area contributed by atoms with Crippen molar-refractivity contribution >= 4 is 23.6 Å². The van der Waals surface area contributed by atoms with Crippen LogP contribution < -0.4 is 21.3 Å². The van der Waals surface area contributed by atoms with Crippen LogP contribution in [-0.4, -0.2) is 85.9 Å². The van der Waals surface area contributed by atoms with Crippen molar-refractivity contribution in [2.45, 2.75) is 237 Å². The van der Waals surface area contributed by atoms with Gasteiger partial charge in [0.15, 0.2) is 0 Å². The van der Waals surface area contributed by atoms with Gasteiger partial charge in [-0.25, -0.2) is 8.78 Å². The van der Waals surface area contributed by atoms with Crippen LogP contribution in [0.1, 0.15) is 194 Å². The minimum atomic E-state index is -0.576. The molecular weight excluding hydrogens is 867 g/mol. The summed E-state index contributed by atoms with van der Waals surface area (Å²) in [6.07, 6.45) is 10.4. The molecule has 1 aliphatic rings. The molecule has 0 bridgehead atoms. The molecular formula is C55H100F2N4O7. The van der Waals surface area contributed by atoms with Crippen LogP contribution in [0.2, 0.25) is 0 Å². The van der Waals surface area contributed by atoms with Crippen LogP contribution in [0.4, 0.5) is 8.78 Å². The standard InChI is InChI=1S/C16H23F2NO.C14H27NO2.C13H27NO2.C12H23NO2/c1-10(2)15(16(20)19-11(3)4)6-5-12-7-13(17)9-14(18)8-12;1-4-9-17-13(14(16)15-11(2)3)10-12-7-5-6-8-12;1-7-8-16-11(9-13(4,5)6)12(15)14-10(2)3;1-6-7-15-11(8-9(2)3)12(14)13-10(4)5/h7-11,15H,5-6H2,1-4H3,(H,19,20);11-13H,4-10H2,1-3H3,(H,15,16);10-11H,7-9H2,1-6H3,(H,14,15);10-11H,2,6-8H2,1,3-5H3,(H,13,14). The second-order valence-corrected chi connectivity index (χ2v) is 21.2. The first-order valence-electron chi connectivity index (χ1n) is 25.8. The van der Waals surface area contributed by atoms with E-state index in [2.05, 4.69) is 62.5 Å². The Hall–Kier alpha value is -3.42. The van der Waals surface area contributed by atoms with Gasteiger partial charge in [-0.1, -0.05) is 86.6 Å². The SMILES string of the molecule is C=C(C)CC(OCCC)C(=O)NC(C)C.CC(C)NC(=O)C(CCc1cc(F)cc(F)c1)C(C)C.CCCOC(CC(C)(C)C)C(=O)NC(C)C.CCCOC(CC1CCCC1)C(=O)NC(C)C. The average molecular weight is 967 g/mol. The monoisotopic (exact) mass is 967 g/mol. The van der Waals surface area contributed by atoms with Crippen LogP contribution in [0.3, 0.4) is 0 Å². The highest BCUT2D eigenvalue weighted by molar-refractivity contribution is 5.82. The maximum atomic E-state index is 13.1. The first-order valence-corrected chi connectivity index (χ1v) is 25.8. The molecule has 11 nitrogen and oxygen atoms in total. The third kappa shape index (κ3) is 35.7. The van der Waals surface area contributed by atoms with Crippen molar-refractivity contribution in [3.63, 3.8) is 0 Å². The number of nitrogens with one attached hydrogen (secondary N) is 4. The Balaban J connectivity index is 0. The van der Waals surface area contributed by atoms with Gasteiger partial charge in [0.1, 0.15) is 29.9 Å². The van der Waals surface area contributed by atoms with Gasteiger partial charge in [-0.15, -0.1) is 6.58 Å². The summed E-state index contributed by atoms with van der Waals surface area (Å²) in [6.45, 7) is 39.8. The van der Waals surface area contributed by atoms with Crippen molar-refractivity contribution in [1.82, 2.24) is 21.3 Å². The van der Waals surface area contributed by atoms with Gasteiger partial charge in [0.25, 0.3) is 0 Å². The largest absolute Gasteiger partial charge is 0.368 e. The van der Waals surface area contributed by atoms with Gasteiger partial charge in [-0.2, -0.15) is 0 Å². The van der Waals surface area contributed by atoms with Crippen LogP contribution in [0.15, 0.2) is 30.4 Å². The lowest BCUT2D eigenvalue weighted by Gasteiger charge is -2.26. The minimum absolute atomic E-state index is 0.00637. The molecule has 68 heavy (non-hydrogen) atoms. The molecule has 1 aromatic carbocycles. The molecule has 396 valence electrons. The van der Waals surface area contributed by atoms with E-state index in [0.29, 0.717) is 50.6 Å². The number of hydrogen-bond acceptors (Lipinski definition) is 7. The van der Waals surface area contributed by atoms with Gasteiger partial charge in [0, 0.05) is 62.4 Å². The van der Waals surface area contributed by atoms with Crippen molar-refractivity contribution in [3.05, 3.63) is 47.5 Å². The lowest BCUT2D eigenvalue weighted by molar-refractivity contribution is -0.135. The topological polar surface area (TPSA) is 144 Å². The molecule has 0 aromatic heterocycles. The third-order valence-electron chi connectivity index (χ3n) is 10.3. The quantitative estimate of drug-likeness (QED) is 0.0677. The fraction of sp³-hybridized carbons (Fsp3) is 0.782. The molecule has 13 heteroatoms. The van der Waals surface area contributed by atoms with Crippen LogP contribution in [0.5, 0.6) is 0 Å². The van der Waals surface area contributed by atoms with Crippen molar-refractivity contribution in [1.29, 1.82) is 0 Å². The Bertz CT molecular complexity index is 1520. The van der Waals surface area contributed by atoms with Gasteiger partial charge < -0.3 is 35.5 Å². The summed E-state index contributed by atoms with van der Waals surface area (Å²) >= 11 is 0. The van der Waals surface area contributed by atoms with E-state index in [-0.39, 0.29) is 83.4 Å². The van der Waals surface area contributed by atoms with Crippen LogP contribution >= 0.6 is 0 Å². The molecule has 4 unspecified atom stereocenters. The normalized spacial score (nSPS) is 14.5. The summed E-state index contributed by atoms with van der Waals surface area (Å²) in [4.78, 5) is 47.7. The highest BCUT2D eigenvalue weighted by Crippen LogP contribution is 2.29. The van der Waals surface area contributed by atoms with Crippen molar-refractivity contribution in [3.8, 4) is 0 Å². The first kappa shape index (κ1) is 66.7. The first-order chi connectivity index (χ1) is 31.6. The Morgan fingerprint density at radius 1 is 0.632 bits per heavy atom. The van der Waals surface area contributed by atoms with Crippen molar-refractivity contribution < 1.29 is 42.2 Å². The zero-order valence-corrected chi connectivity index (χ0v) is 45.9. The van der Waals surface area contributed by atoms with Gasteiger partial charge in [0.05, 0.1) is 0 Å². The lowest BCUT2D eigenvalue weighted by Crippen LogP contribution is -2.42. The molecule has 0 aliphatic heterocycles. The second kappa shape index (κ2) is 37.4. The van der Waals surface area contributed by atoms with E-state index < -0.39 is 11.6 Å². The van der Waals surface area contributed by atoms with E-state index in [0.717, 1.165) is 43.7 Å². The van der Waals surface area contributed by atoms with Crippen LogP contribution in [-0.2, 0) is 39.8 Å². The highest BCUT2D eigenvalue weighted by atomic mass is 19.1. The molecule has 0 saturated heterocycles. The zero-order valence-electron chi connectivity index (χ0n) is 45.9. The van der Waals surface area contributed by atoms with E-state index in [1.54, 1.807) is 0 Å². The molecule has 1 saturated carbocycles. The Kier molecular flexibility index (Phi) is 36.7. The van der Waals surface area contributed by atoms with Crippen LogP contribution in [0.25, 0.3) is 0 Å². The number of hydrogen-bond donors (Lipinski definition) is 4. The number of rotatable bonds is 26. The molecule has 2 rings (SSSR count). The summed E-state index contributed by atoms with van der Waals surface area (Å²) < 4.78 is 43.1. The molecule has 0 spiro atoms. The van der Waals surface area contributed by atoms with Gasteiger partial charge >= 0.3 is 0 Å². The van der Waals surface area contributed by atoms with Gasteiger partial charge in [-0.05, 0) is 142 Å². The van der Waals surface area contributed by atoms with E-state index >= 15 is 0 Å². The van der Waals surface area contributed by atoms with Gasteiger partial charge in [0.2, 0.25) is 23.6 Å². The predicted molar refractivity (Wildman–Crippen MR) is 276 cm³/mol. The lowest BCUT2D eigenvalue weighted by atomic mass is 9.88. The number of halogens is 2. The summed E-state index contributed by atoms with van der Waals surface area (Å²) in [5.41, 5.74) is 1.66. The fourth-order valence-corrected chi connectivity index (χ4v) is 7.28. The molecule has 0 heterocycles. The average Bonchev–Trinajstić information content (AvgIpc) is 3.71. The van der Waals surface area contributed by atoms with E-state index in [1.165, 1.54) is 37.8 Å². The number of benzene rings is 1. The Labute approximate surface area is 413 Å². The van der Waals surface area contributed by atoms with E-state index in [9.17, 15) is 28.0 Å². The predicted octanol–water partition coefficient (Wildman–Crippen LogP) is 11.6. The molecule has 1 aromatic rings. The number of carbonyl (C=O) groups excluding carboxylic acids is 4. The minimum Gasteiger partial charge on any atom is -0.368 e. The number of aryl methyl sites for hydroxylation is 1. The number of ether oxygens (including phenoxy) is 3. The summed E-state index contributed by atoms with van der Waals surface area (Å²) in [5, 5.41) is 11.6. The summed E-state index contributed by atoms with van der Waals surface area (Å²) in [5.74, 6) is -0.377. The molecule has 4 amide bonds. The zero-order chi connectivity index (χ0) is 52.6.